The van der Waals surface area contributed by atoms with Crippen molar-refractivity contribution in [2.45, 2.75) is 37.3 Å². The summed E-state index contributed by atoms with van der Waals surface area (Å²) in [7, 11) is 1.98. The van der Waals surface area contributed by atoms with Crippen LogP contribution in [0.3, 0.4) is 0 Å². The van der Waals surface area contributed by atoms with E-state index < -0.39 is 0 Å². The number of benzene rings is 2. The molecule has 0 radical (unpaired) electrons. The maximum atomic E-state index is 12.9. The van der Waals surface area contributed by atoms with Crippen molar-refractivity contribution < 1.29 is 9.90 Å². The molecule has 1 atom stereocenters. The number of aromatic hydroxyl groups is 1. The summed E-state index contributed by atoms with van der Waals surface area (Å²) in [5.41, 5.74) is 2.27. The fourth-order valence-electron chi connectivity index (χ4n) is 4.60. The van der Waals surface area contributed by atoms with Gasteiger partial charge in [-0.05, 0) is 42.5 Å². The van der Waals surface area contributed by atoms with Crippen LogP contribution in [0.1, 0.15) is 36.3 Å². The Morgan fingerprint density at radius 3 is 2.50 bits per heavy atom. The molecule has 26 heavy (non-hydrogen) atoms. The van der Waals surface area contributed by atoms with Gasteiger partial charge in [-0.25, -0.2) is 0 Å². The number of hydrogen-bond acceptors (Lipinski definition) is 3. The predicted molar refractivity (Wildman–Crippen MR) is 102 cm³/mol. The molecular weight excluding hydrogens is 324 g/mol. The number of likely N-dealkylation sites (N-methyl/N-ethyl adjacent to an activating group) is 1. The van der Waals surface area contributed by atoms with Crippen LogP contribution >= 0.6 is 0 Å². The van der Waals surface area contributed by atoms with E-state index in [4.69, 9.17) is 0 Å². The second-order valence-corrected chi connectivity index (χ2v) is 7.74. The zero-order valence-corrected chi connectivity index (χ0v) is 15.3. The lowest BCUT2D eigenvalue weighted by molar-refractivity contribution is -0.131. The first-order valence-electron chi connectivity index (χ1n) is 9.40. The third kappa shape index (κ3) is 3.10. The number of piperidine rings is 1. The van der Waals surface area contributed by atoms with E-state index >= 15 is 0 Å². The third-order valence-corrected chi connectivity index (χ3v) is 6.23. The van der Waals surface area contributed by atoms with Crippen molar-refractivity contribution in [1.82, 2.24) is 9.80 Å². The van der Waals surface area contributed by atoms with Crippen molar-refractivity contribution in [2.75, 3.05) is 20.1 Å². The van der Waals surface area contributed by atoms with Crippen molar-refractivity contribution in [2.24, 2.45) is 0 Å². The van der Waals surface area contributed by atoms with Gasteiger partial charge >= 0.3 is 0 Å². The second-order valence-electron chi connectivity index (χ2n) is 7.74. The van der Waals surface area contributed by atoms with Gasteiger partial charge in [0.25, 0.3) is 0 Å². The third-order valence-electron chi connectivity index (χ3n) is 6.23. The van der Waals surface area contributed by atoms with Crippen LogP contribution in [0.5, 0.6) is 5.75 Å². The van der Waals surface area contributed by atoms with E-state index in [9.17, 15) is 9.90 Å². The largest absolute Gasteiger partial charge is 0.508 e. The number of rotatable bonds is 3. The molecule has 1 amide bonds. The molecule has 2 aromatic rings. The number of phenols is 1. The molecule has 0 unspecified atom stereocenters. The number of phenolic OH excluding ortho intramolecular Hbond substituents is 1. The normalized spacial score (nSPS) is 22.9. The van der Waals surface area contributed by atoms with Crippen molar-refractivity contribution >= 4 is 5.91 Å². The Morgan fingerprint density at radius 2 is 1.81 bits per heavy atom. The summed E-state index contributed by atoms with van der Waals surface area (Å²) in [6.45, 7) is 2.81. The Kier molecular flexibility index (Phi) is 4.45. The number of amides is 1. The maximum absolute atomic E-state index is 12.9. The minimum Gasteiger partial charge on any atom is -0.508 e. The number of hydrogen-bond donors (Lipinski definition) is 1. The quantitative estimate of drug-likeness (QED) is 0.923. The van der Waals surface area contributed by atoms with E-state index in [1.807, 2.05) is 42.3 Å². The molecule has 2 aliphatic rings. The molecule has 0 aliphatic carbocycles. The van der Waals surface area contributed by atoms with Crippen LogP contribution in [-0.4, -0.2) is 46.5 Å². The number of nitrogens with zero attached hydrogens (tertiary/aromatic N) is 2. The van der Waals surface area contributed by atoms with E-state index in [1.54, 1.807) is 6.07 Å². The first-order valence-corrected chi connectivity index (χ1v) is 9.40. The van der Waals surface area contributed by atoms with E-state index in [2.05, 4.69) is 23.1 Å². The van der Waals surface area contributed by atoms with E-state index in [0.717, 1.165) is 50.0 Å². The summed E-state index contributed by atoms with van der Waals surface area (Å²) in [6, 6.07) is 17.7. The molecule has 2 fully saturated rings. The average Bonchev–Trinajstić information content (AvgIpc) is 2.90. The number of carbonyl (C=O) groups is 1. The van der Waals surface area contributed by atoms with Crippen LogP contribution in [0.25, 0.3) is 0 Å². The predicted octanol–water partition coefficient (Wildman–Crippen LogP) is 3.37. The molecule has 2 heterocycles. The van der Waals surface area contributed by atoms with Gasteiger partial charge in [-0.1, -0.05) is 42.5 Å². The highest BCUT2D eigenvalue weighted by Gasteiger charge is 2.50. The Morgan fingerprint density at radius 1 is 1.08 bits per heavy atom. The van der Waals surface area contributed by atoms with Gasteiger partial charge < -0.3 is 10.0 Å². The van der Waals surface area contributed by atoms with Gasteiger partial charge in [-0.3, -0.25) is 9.69 Å². The SMILES string of the molecule is CN1C(=O)[C@@H](c2ccccc2)CC12CCN(Cc1cccc(O)c1)CC2. The molecule has 2 aromatic carbocycles. The van der Waals surface area contributed by atoms with Crippen LogP contribution in [0.2, 0.25) is 0 Å². The molecular formula is C22H26N2O2. The lowest BCUT2D eigenvalue weighted by Crippen LogP contribution is -2.51. The molecule has 4 rings (SSSR count). The Balaban J connectivity index is 1.44. The minimum atomic E-state index is -0.00703. The summed E-state index contributed by atoms with van der Waals surface area (Å²) in [4.78, 5) is 17.3. The molecule has 4 heteroatoms. The van der Waals surface area contributed by atoms with E-state index in [1.165, 1.54) is 0 Å². The lowest BCUT2D eigenvalue weighted by atomic mass is 9.81. The van der Waals surface area contributed by atoms with Crippen molar-refractivity contribution in [3.05, 3.63) is 65.7 Å². The Labute approximate surface area is 155 Å². The monoisotopic (exact) mass is 350 g/mol. The summed E-state index contributed by atoms with van der Waals surface area (Å²) in [5.74, 6) is 0.583. The lowest BCUT2D eigenvalue weighted by Gasteiger charge is -2.43. The van der Waals surface area contributed by atoms with Gasteiger partial charge in [-0.15, -0.1) is 0 Å². The van der Waals surface area contributed by atoms with Crippen LogP contribution in [0, 0.1) is 0 Å². The van der Waals surface area contributed by atoms with Gasteiger partial charge in [0, 0.05) is 32.2 Å². The van der Waals surface area contributed by atoms with Gasteiger partial charge in [0.2, 0.25) is 5.91 Å². The first-order chi connectivity index (χ1) is 12.6. The molecule has 0 saturated carbocycles. The highest BCUT2D eigenvalue weighted by atomic mass is 16.3. The zero-order valence-electron chi connectivity index (χ0n) is 15.3. The maximum Gasteiger partial charge on any atom is 0.230 e. The molecule has 136 valence electrons. The van der Waals surface area contributed by atoms with Crippen LogP contribution in [0.15, 0.2) is 54.6 Å². The van der Waals surface area contributed by atoms with Gasteiger partial charge in [0.05, 0.1) is 5.92 Å². The molecule has 0 aromatic heterocycles. The summed E-state index contributed by atoms with van der Waals surface area (Å²) < 4.78 is 0. The van der Waals surface area contributed by atoms with Crippen molar-refractivity contribution in [3.8, 4) is 5.75 Å². The molecule has 2 aliphatic heterocycles. The molecule has 4 nitrogen and oxygen atoms in total. The standard InChI is InChI=1S/C22H26N2O2/c1-23-21(26)20(18-7-3-2-4-8-18)15-22(23)10-12-24(13-11-22)16-17-6-5-9-19(25)14-17/h2-9,14,20,25H,10-13,15-16H2,1H3/t20-/m1/s1. The fourth-order valence-corrected chi connectivity index (χ4v) is 4.60. The summed E-state index contributed by atoms with van der Waals surface area (Å²) in [6.07, 6.45) is 2.95. The smallest absolute Gasteiger partial charge is 0.230 e. The Hall–Kier alpha value is -2.33. The van der Waals surface area contributed by atoms with Gasteiger partial charge in [-0.2, -0.15) is 0 Å². The van der Waals surface area contributed by atoms with Crippen molar-refractivity contribution in [3.63, 3.8) is 0 Å². The molecule has 1 N–H and O–H groups in total. The Bertz CT molecular complexity index is 782. The van der Waals surface area contributed by atoms with Crippen LogP contribution in [-0.2, 0) is 11.3 Å². The fraction of sp³-hybridized carbons (Fsp3) is 0.409. The van der Waals surface area contributed by atoms with Crippen LogP contribution < -0.4 is 0 Å². The van der Waals surface area contributed by atoms with Crippen LogP contribution in [0.4, 0.5) is 0 Å². The summed E-state index contributed by atoms with van der Waals surface area (Å²) in [5, 5.41) is 9.65. The summed E-state index contributed by atoms with van der Waals surface area (Å²) >= 11 is 0. The molecule has 2 saturated heterocycles. The average molecular weight is 350 g/mol. The first kappa shape index (κ1) is 17.1. The van der Waals surface area contributed by atoms with Gasteiger partial charge in [0.1, 0.15) is 5.75 Å². The highest BCUT2D eigenvalue weighted by molar-refractivity contribution is 5.87. The second kappa shape index (κ2) is 6.76. The number of likely N-dealkylation sites (tertiary alicyclic amines) is 2. The topological polar surface area (TPSA) is 43.8 Å². The van der Waals surface area contributed by atoms with Crippen molar-refractivity contribution in [1.29, 1.82) is 0 Å². The zero-order chi connectivity index (χ0) is 18.1. The van der Waals surface area contributed by atoms with E-state index in [-0.39, 0.29) is 17.4 Å². The van der Waals surface area contributed by atoms with E-state index in [0.29, 0.717) is 5.75 Å². The molecule has 0 bridgehead atoms. The van der Waals surface area contributed by atoms with Gasteiger partial charge in [0.15, 0.2) is 0 Å². The highest BCUT2D eigenvalue weighted by Crippen LogP contribution is 2.44. The molecule has 1 spiro atoms. The number of carbonyl (C=O) groups excluding carboxylic acids is 1. The minimum absolute atomic E-state index is 0.00109.